The molecule has 0 aliphatic carbocycles. The Hall–Kier alpha value is -6.53. The summed E-state index contributed by atoms with van der Waals surface area (Å²) < 4.78 is 2.21. The van der Waals surface area contributed by atoms with Crippen molar-refractivity contribution in [1.82, 2.24) is 9.55 Å². The van der Waals surface area contributed by atoms with Crippen LogP contribution in [0.5, 0.6) is 0 Å². The van der Waals surface area contributed by atoms with E-state index >= 15 is 0 Å². The minimum Gasteiger partial charge on any atom is -0.396 e. The Labute approximate surface area is 273 Å². The molecule has 5 aromatic carbocycles. The van der Waals surface area contributed by atoms with E-state index < -0.39 is 0 Å². The van der Waals surface area contributed by atoms with Gasteiger partial charge in [-0.05, 0) is 59.2 Å². The zero-order valence-corrected chi connectivity index (χ0v) is 25.6. The van der Waals surface area contributed by atoms with E-state index in [0.717, 1.165) is 50.2 Å². The third-order valence-electron chi connectivity index (χ3n) is 8.12. The second-order valence-electron chi connectivity index (χ2n) is 11.1. The number of nitrogens with one attached hydrogen (secondary N) is 2. The number of para-hydroxylation sites is 2. The molecule has 7 aromatic rings. The van der Waals surface area contributed by atoms with E-state index in [2.05, 4.69) is 76.0 Å². The highest BCUT2D eigenvalue weighted by Crippen LogP contribution is 2.35. The Morgan fingerprint density at radius 1 is 0.702 bits per heavy atom. The van der Waals surface area contributed by atoms with E-state index in [0.29, 0.717) is 22.8 Å². The van der Waals surface area contributed by atoms with Crippen LogP contribution in [-0.4, -0.2) is 21.6 Å². The van der Waals surface area contributed by atoms with Gasteiger partial charge in [0, 0.05) is 40.0 Å². The normalized spacial score (nSPS) is 12.1. The van der Waals surface area contributed by atoms with Crippen molar-refractivity contribution in [3.8, 4) is 16.9 Å². The molecule has 0 atom stereocenters. The molecule has 0 aliphatic rings. The lowest BCUT2D eigenvalue weighted by molar-refractivity contribution is 1.08. The molecule has 4 N–H and O–H groups in total. The summed E-state index contributed by atoms with van der Waals surface area (Å²) in [6.45, 7) is 4.05. The molecular formula is C41H32N6. The van der Waals surface area contributed by atoms with Crippen molar-refractivity contribution in [2.75, 3.05) is 5.32 Å². The minimum atomic E-state index is 0.435. The van der Waals surface area contributed by atoms with Crippen molar-refractivity contribution < 1.29 is 0 Å². The zero-order chi connectivity index (χ0) is 32.2. The van der Waals surface area contributed by atoms with Gasteiger partial charge in [-0.15, -0.1) is 0 Å². The van der Waals surface area contributed by atoms with Crippen LogP contribution in [0.15, 0.2) is 169 Å². The standard InChI is InChI=1S/C41H32N6/c1-28(27-42)41(45-33-14-6-3-7-15-33)46-40(31-12-4-2-5-13-31)39(43)30-21-19-29(20-22-30)32-23-24-37-35(26-32)34-16-8-9-17-36(34)47(37)38-18-10-11-25-44-38/h2-27,42H,1,43H2,(H,45,46)/b40-39-,42-27?. The van der Waals surface area contributed by atoms with Crippen LogP contribution in [0.25, 0.3) is 50.1 Å². The first-order valence-corrected chi connectivity index (χ1v) is 15.3. The second-order valence-corrected chi connectivity index (χ2v) is 11.1. The average Bonchev–Trinajstić information content (AvgIpc) is 3.47. The molecule has 0 unspecified atom stereocenters. The van der Waals surface area contributed by atoms with Gasteiger partial charge in [-0.2, -0.15) is 0 Å². The summed E-state index contributed by atoms with van der Waals surface area (Å²) in [6.07, 6.45) is 3.01. The fourth-order valence-electron chi connectivity index (χ4n) is 5.76. The molecule has 6 heteroatoms. The summed E-state index contributed by atoms with van der Waals surface area (Å²) in [4.78, 5) is 9.60. The lowest BCUT2D eigenvalue weighted by Crippen LogP contribution is -2.16. The van der Waals surface area contributed by atoms with Gasteiger partial charge in [0.05, 0.1) is 22.4 Å². The molecule has 7 rings (SSSR count). The highest BCUT2D eigenvalue weighted by molar-refractivity contribution is 6.21. The highest BCUT2D eigenvalue weighted by Gasteiger charge is 2.15. The van der Waals surface area contributed by atoms with Gasteiger partial charge in [-0.1, -0.05) is 110 Å². The summed E-state index contributed by atoms with van der Waals surface area (Å²) in [5.41, 5.74) is 15.4. The van der Waals surface area contributed by atoms with Crippen LogP contribution in [0.2, 0.25) is 0 Å². The number of hydrogen-bond acceptors (Lipinski definition) is 4. The summed E-state index contributed by atoms with van der Waals surface area (Å²) in [5.74, 6) is 1.34. The molecule has 0 saturated heterocycles. The molecular weight excluding hydrogens is 576 g/mol. The number of hydrogen-bond donors (Lipinski definition) is 3. The van der Waals surface area contributed by atoms with Crippen LogP contribution in [0.4, 0.5) is 5.69 Å². The number of fused-ring (bicyclic) bond motifs is 3. The second kappa shape index (κ2) is 12.8. The van der Waals surface area contributed by atoms with Crippen LogP contribution >= 0.6 is 0 Å². The first-order chi connectivity index (χ1) is 23.1. The average molecular weight is 609 g/mol. The lowest BCUT2D eigenvalue weighted by Gasteiger charge is -2.14. The van der Waals surface area contributed by atoms with E-state index in [1.165, 1.54) is 11.6 Å². The Morgan fingerprint density at radius 2 is 1.36 bits per heavy atom. The first-order valence-electron chi connectivity index (χ1n) is 15.3. The molecule has 0 aliphatic heterocycles. The maximum absolute atomic E-state index is 7.87. The molecule has 0 bridgehead atoms. The van der Waals surface area contributed by atoms with E-state index in [-0.39, 0.29) is 0 Å². The minimum absolute atomic E-state index is 0.435. The highest BCUT2D eigenvalue weighted by atomic mass is 15.1. The maximum Gasteiger partial charge on any atom is 0.139 e. The summed E-state index contributed by atoms with van der Waals surface area (Å²) in [7, 11) is 0. The van der Waals surface area contributed by atoms with Gasteiger partial charge in [-0.3, -0.25) is 4.57 Å². The molecule has 2 heterocycles. The molecule has 0 radical (unpaired) electrons. The number of rotatable bonds is 8. The van der Waals surface area contributed by atoms with Gasteiger partial charge in [0.1, 0.15) is 11.7 Å². The van der Waals surface area contributed by atoms with Crippen molar-refractivity contribution in [3.05, 3.63) is 175 Å². The summed E-state index contributed by atoms with van der Waals surface area (Å²) in [5, 5.41) is 13.5. The van der Waals surface area contributed by atoms with Gasteiger partial charge in [0.15, 0.2) is 0 Å². The number of pyridine rings is 1. The predicted molar refractivity (Wildman–Crippen MR) is 197 cm³/mol. The molecule has 47 heavy (non-hydrogen) atoms. The van der Waals surface area contributed by atoms with Crippen LogP contribution in [0.3, 0.4) is 0 Å². The van der Waals surface area contributed by atoms with Crippen LogP contribution in [0, 0.1) is 5.41 Å². The van der Waals surface area contributed by atoms with Gasteiger partial charge >= 0.3 is 0 Å². The van der Waals surface area contributed by atoms with Crippen LogP contribution in [-0.2, 0) is 0 Å². The quantitative estimate of drug-likeness (QED) is 0.0912. The molecule has 0 saturated carbocycles. The smallest absolute Gasteiger partial charge is 0.139 e. The fourth-order valence-corrected chi connectivity index (χ4v) is 5.76. The van der Waals surface area contributed by atoms with Gasteiger partial charge in [-0.25, -0.2) is 9.98 Å². The lowest BCUT2D eigenvalue weighted by atomic mass is 9.99. The number of amidine groups is 1. The molecule has 0 amide bonds. The molecule has 2 aromatic heterocycles. The van der Waals surface area contributed by atoms with Crippen LogP contribution in [0.1, 0.15) is 11.1 Å². The van der Waals surface area contributed by atoms with Gasteiger partial charge in [0.2, 0.25) is 0 Å². The number of aliphatic imine (C=N–C) groups is 1. The fraction of sp³-hybridized carbons (Fsp3) is 0. The Bertz CT molecular complexity index is 2280. The van der Waals surface area contributed by atoms with Gasteiger partial charge in [0.25, 0.3) is 0 Å². The number of aromatic nitrogens is 2. The van der Waals surface area contributed by atoms with Gasteiger partial charge < -0.3 is 16.5 Å². The number of nitrogens with zero attached hydrogens (tertiary/aromatic N) is 3. The largest absolute Gasteiger partial charge is 0.396 e. The van der Waals surface area contributed by atoms with E-state index in [9.17, 15) is 0 Å². The topological polar surface area (TPSA) is 92.1 Å². The van der Waals surface area contributed by atoms with E-state index in [4.69, 9.17) is 16.1 Å². The van der Waals surface area contributed by atoms with Crippen molar-refractivity contribution in [1.29, 1.82) is 5.41 Å². The summed E-state index contributed by atoms with van der Waals surface area (Å²) in [6, 6.07) is 48.7. The Morgan fingerprint density at radius 3 is 2.09 bits per heavy atom. The molecule has 0 fully saturated rings. The van der Waals surface area contributed by atoms with Crippen molar-refractivity contribution in [3.63, 3.8) is 0 Å². The Kier molecular flexibility index (Phi) is 7.97. The number of nitrogens with two attached hydrogens (primary N) is 1. The maximum atomic E-state index is 7.87. The Balaban J connectivity index is 1.29. The van der Waals surface area contributed by atoms with Crippen molar-refractivity contribution >= 4 is 50.9 Å². The van der Waals surface area contributed by atoms with Crippen LogP contribution < -0.4 is 11.1 Å². The van der Waals surface area contributed by atoms with E-state index in [1.54, 1.807) is 0 Å². The monoisotopic (exact) mass is 608 g/mol. The van der Waals surface area contributed by atoms with E-state index in [1.807, 2.05) is 97.2 Å². The summed E-state index contributed by atoms with van der Waals surface area (Å²) >= 11 is 0. The third-order valence-corrected chi connectivity index (χ3v) is 8.12. The third kappa shape index (κ3) is 5.83. The zero-order valence-electron chi connectivity index (χ0n) is 25.6. The molecule has 6 nitrogen and oxygen atoms in total. The SMILES string of the molecule is C=C(C=N)C(=N/C(=C(\N)c1ccc(-c2ccc3c(c2)c2ccccc2n3-c2ccccn2)cc1)c1ccccc1)Nc1ccccc1. The van der Waals surface area contributed by atoms with Crippen molar-refractivity contribution in [2.45, 2.75) is 0 Å². The predicted octanol–water partition coefficient (Wildman–Crippen LogP) is 9.35. The molecule has 226 valence electrons. The number of anilines is 1. The molecule has 0 spiro atoms. The van der Waals surface area contributed by atoms with Crippen molar-refractivity contribution in [2.24, 2.45) is 10.7 Å². The number of benzene rings is 5. The first kappa shape index (κ1) is 29.2.